The van der Waals surface area contributed by atoms with Gasteiger partial charge in [0.2, 0.25) is 5.82 Å². The average molecular weight is 619 g/mol. The highest BCUT2D eigenvalue weighted by molar-refractivity contribution is 7.99. The Morgan fingerprint density at radius 2 is 1.60 bits per heavy atom. The lowest BCUT2D eigenvalue weighted by Gasteiger charge is -2.36. The van der Waals surface area contributed by atoms with Gasteiger partial charge in [0.25, 0.3) is 10.9 Å². The molecule has 0 saturated carbocycles. The number of carbonyl (C=O) groups excluding carboxylic acids is 1. The van der Waals surface area contributed by atoms with Crippen LogP contribution >= 0.6 is 11.8 Å². The first-order valence-corrected chi connectivity index (χ1v) is 13.9. The molecule has 2 heterocycles. The molecular weight excluding hydrogens is 595 g/mol. The van der Waals surface area contributed by atoms with Crippen LogP contribution in [-0.4, -0.2) is 22.9 Å². The second-order valence-electron chi connectivity index (χ2n) is 9.55. The molecule has 3 aromatic carbocycles. The van der Waals surface area contributed by atoms with E-state index in [-0.39, 0.29) is 12.3 Å². The number of aliphatic hydroxyl groups excluding tert-OH is 1. The van der Waals surface area contributed by atoms with Crippen LogP contribution in [-0.2, 0) is 16.1 Å². The van der Waals surface area contributed by atoms with Gasteiger partial charge in [-0.05, 0) is 29.3 Å². The zero-order valence-corrected chi connectivity index (χ0v) is 22.9. The Kier molecular flexibility index (Phi) is 9.25. The molecule has 13 heteroatoms. The van der Waals surface area contributed by atoms with E-state index in [2.05, 4.69) is 5.32 Å². The third-order valence-corrected chi connectivity index (χ3v) is 7.82. The summed E-state index contributed by atoms with van der Waals surface area (Å²) in [4.78, 5) is 12.6. The number of benzene rings is 3. The minimum atomic E-state index is -2.37. The summed E-state index contributed by atoms with van der Waals surface area (Å²) in [7, 11) is 0. The number of nitrogens with zero attached hydrogens (tertiary/aromatic N) is 1. The summed E-state index contributed by atoms with van der Waals surface area (Å²) in [6.07, 6.45) is -0.0853. The average Bonchev–Trinajstić information content (AvgIpc) is 3.02. The molecule has 2 N–H and O–H groups in total. The van der Waals surface area contributed by atoms with Crippen molar-refractivity contribution in [2.24, 2.45) is 0 Å². The molecule has 1 aliphatic rings. The van der Waals surface area contributed by atoms with Gasteiger partial charge in [-0.25, -0.2) is 22.0 Å². The third-order valence-electron chi connectivity index (χ3n) is 6.67. The predicted molar refractivity (Wildman–Crippen MR) is 145 cm³/mol. The van der Waals surface area contributed by atoms with Gasteiger partial charge in [-0.2, -0.15) is 4.73 Å². The van der Waals surface area contributed by atoms with Gasteiger partial charge in [0.1, 0.15) is 5.56 Å². The Hall–Kier alpha value is -4.04. The van der Waals surface area contributed by atoms with Crippen LogP contribution in [0.15, 0.2) is 78.0 Å². The molecule has 0 bridgehead atoms. The van der Waals surface area contributed by atoms with Crippen LogP contribution in [0.5, 0.6) is 0 Å². The molecule has 0 aliphatic carbocycles. The van der Waals surface area contributed by atoms with Crippen molar-refractivity contribution in [1.29, 1.82) is 0 Å². The summed E-state index contributed by atoms with van der Waals surface area (Å²) in [6.45, 7) is -0.132. The maximum atomic E-state index is 14.2. The van der Waals surface area contributed by atoms with Crippen LogP contribution in [0.4, 0.5) is 27.6 Å². The van der Waals surface area contributed by atoms with Crippen LogP contribution in [0.2, 0.25) is 0 Å². The zero-order valence-electron chi connectivity index (χ0n) is 22.1. The molecule has 7 nitrogen and oxygen atoms in total. The molecule has 4 aromatic rings. The lowest BCUT2D eigenvalue weighted by molar-refractivity contribution is -0.645. The van der Waals surface area contributed by atoms with Crippen molar-refractivity contribution < 1.29 is 46.1 Å². The first-order valence-electron chi connectivity index (χ1n) is 12.9. The number of hydrogen-bond donors (Lipinski definition) is 2. The molecule has 0 radical (unpaired) electrons. The van der Waals surface area contributed by atoms with Gasteiger partial charge < -0.3 is 25.1 Å². The molecule has 3 unspecified atom stereocenters. The monoisotopic (exact) mass is 618 g/mol. The molecule has 1 fully saturated rings. The van der Waals surface area contributed by atoms with E-state index in [0.717, 1.165) is 10.3 Å². The number of carbonyl (C=O) groups is 1. The molecular formula is C30H23F5N2O5S. The van der Waals surface area contributed by atoms with E-state index in [4.69, 9.17) is 9.47 Å². The number of nitrogens with one attached hydrogen (secondary N) is 1. The molecule has 1 aliphatic heterocycles. The van der Waals surface area contributed by atoms with Crippen LogP contribution in [0.3, 0.4) is 0 Å². The summed E-state index contributed by atoms with van der Waals surface area (Å²) < 4.78 is 82.3. The number of thioether (sulfide) groups is 1. The molecule has 224 valence electrons. The second-order valence-corrected chi connectivity index (χ2v) is 10.6. The molecule has 5 rings (SSSR count). The Balaban J connectivity index is 1.39. The van der Waals surface area contributed by atoms with E-state index in [0.29, 0.717) is 28.3 Å². The number of hydrogen-bond acceptors (Lipinski definition) is 6. The fourth-order valence-corrected chi connectivity index (χ4v) is 5.42. The smallest absolute Gasteiger partial charge is 0.261 e. The number of ether oxygens (including phenoxy) is 2. The largest absolute Gasteiger partial charge is 0.618 e. The maximum absolute atomic E-state index is 14.2. The van der Waals surface area contributed by atoms with Crippen molar-refractivity contribution in [3.8, 4) is 0 Å². The van der Waals surface area contributed by atoms with Crippen LogP contribution in [0.25, 0.3) is 0 Å². The van der Waals surface area contributed by atoms with Crippen molar-refractivity contribution in [1.82, 2.24) is 0 Å². The summed E-state index contributed by atoms with van der Waals surface area (Å²) in [6, 6.07) is 18.0. The summed E-state index contributed by atoms with van der Waals surface area (Å²) in [5.41, 5.74) is 0.263. The lowest BCUT2D eigenvalue weighted by atomic mass is 10.0. The van der Waals surface area contributed by atoms with Crippen molar-refractivity contribution in [2.75, 3.05) is 11.1 Å². The Bertz CT molecular complexity index is 1610. The van der Waals surface area contributed by atoms with E-state index in [9.17, 15) is 37.1 Å². The topological polar surface area (TPSA) is 94.7 Å². The van der Waals surface area contributed by atoms with E-state index >= 15 is 0 Å². The lowest BCUT2D eigenvalue weighted by Crippen LogP contribution is -2.32. The molecule has 0 spiro atoms. The fraction of sp³-hybridized carbons (Fsp3) is 0.200. The first-order chi connectivity index (χ1) is 20.7. The van der Waals surface area contributed by atoms with Gasteiger partial charge in [-0.1, -0.05) is 48.2 Å². The molecule has 43 heavy (non-hydrogen) atoms. The maximum Gasteiger partial charge on any atom is 0.261 e. The number of aliphatic hydroxyl groups is 1. The van der Waals surface area contributed by atoms with Crippen molar-refractivity contribution in [3.63, 3.8) is 0 Å². The highest BCUT2D eigenvalue weighted by Crippen LogP contribution is 2.39. The number of pyridine rings is 1. The third kappa shape index (κ3) is 6.64. The van der Waals surface area contributed by atoms with E-state index < -0.39 is 59.1 Å². The Labute approximate surface area is 246 Å². The standard InChI is InChI=1S/C30H23F5N2O5S/c31-24-23(25(32)27(34)28(35)26(24)33)29(39)36-19-5-3-4-18(12-19)30-41-20(15-43-22-6-1-2-11-37(22)40)13-21(42-30)17-9-7-16(14-38)8-10-17/h1-12,20-21,30,38H,13-15H2,(H,36,39). The van der Waals surface area contributed by atoms with Crippen LogP contribution in [0, 0.1) is 34.3 Å². The van der Waals surface area contributed by atoms with Gasteiger partial charge >= 0.3 is 0 Å². The zero-order chi connectivity index (χ0) is 30.7. The van der Waals surface area contributed by atoms with E-state index in [1.54, 1.807) is 36.4 Å². The fourth-order valence-electron chi connectivity index (χ4n) is 4.49. The van der Waals surface area contributed by atoms with Crippen LogP contribution in [0.1, 0.15) is 45.9 Å². The molecule has 1 saturated heterocycles. The number of rotatable bonds is 8. The van der Waals surface area contributed by atoms with E-state index in [1.807, 2.05) is 12.1 Å². The van der Waals surface area contributed by atoms with Gasteiger partial charge in [0.05, 0.1) is 18.8 Å². The minimum Gasteiger partial charge on any atom is -0.618 e. The number of amides is 1. The van der Waals surface area contributed by atoms with Crippen LogP contribution < -0.4 is 10.0 Å². The molecule has 3 atom stereocenters. The van der Waals surface area contributed by atoms with Gasteiger partial charge in [-0.15, -0.1) is 0 Å². The summed E-state index contributed by atoms with van der Waals surface area (Å²) >= 11 is 1.29. The highest BCUT2D eigenvalue weighted by atomic mass is 32.2. The Morgan fingerprint density at radius 3 is 2.28 bits per heavy atom. The molecule has 1 amide bonds. The quantitative estimate of drug-likeness (QED) is 0.0620. The summed E-state index contributed by atoms with van der Waals surface area (Å²) in [5, 5.41) is 24.1. The number of aromatic nitrogens is 1. The number of anilines is 1. The highest BCUT2D eigenvalue weighted by Gasteiger charge is 2.33. The van der Waals surface area contributed by atoms with Crippen molar-refractivity contribution >= 4 is 23.4 Å². The Morgan fingerprint density at radius 1 is 0.907 bits per heavy atom. The van der Waals surface area contributed by atoms with Gasteiger partial charge in [-0.3, -0.25) is 4.79 Å². The van der Waals surface area contributed by atoms with Gasteiger partial charge in [0.15, 0.2) is 35.8 Å². The minimum absolute atomic E-state index is 0.0179. The second kappa shape index (κ2) is 13.1. The first kappa shape index (κ1) is 30.4. The summed E-state index contributed by atoms with van der Waals surface area (Å²) in [5.74, 6) is -12.5. The van der Waals surface area contributed by atoms with Gasteiger partial charge in [0, 0.05) is 35.6 Å². The van der Waals surface area contributed by atoms with Crippen molar-refractivity contribution in [3.05, 3.63) is 129 Å². The normalized spacial score (nSPS) is 18.4. The van der Waals surface area contributed by atoms with E-state index in [1.165, 1.54) is 36.2 Å². The SMILES string of the molecule is O=C(Nc1cccc(C2OC(CSc3cccc[n+]3[O-])CC(c3ccc(CO)cc3)O2)c1)c1c(F)c(F)c(F)c(F)c1F. The molecule has 1 aromatic heterocycles. The number of halogens is 5. The predicted octanol–water partition coefficient (Wildman–Crippen LogP) is 6.10. The van der Waals surface area contributed by atoms with Crippen molar-refractivity contribution in [2.45, 2.75) is 36.6 Å².